The Hall–Kier alpha value is -1.75. The third kappa shape index (κ3) is 3.88. The van der Waals surface area contributed by atoms with Gasteiger partial charge in [0.1, 0.15) is 6.10 Å². The second kappa shape index (κ2) is 7.31. The molecule has 2 rings (SSSR count). The highest BCUT2D eigenvalue weighted by Crippen LogP contribution is 2.34. The average Bonchev–Trinajstić information content (AvgIpc) is 2.53. The molecule has 0 radical (unpaired) electrons. The van der Waals surface area contributed by atoms with Gasteiger partial charge in [0.15, 0.2) is 17.6 Å². The Kier molecular flexibility index (Phi) is 5.44. The zero-order valence-electron chi connectivity index (χ0n) is 11.6. The summed E-state index contributed by atoms with van der Waals surface area (Å²) in [6, 6.07) is 14.2. The fourth-order valence-electron chi connectivity index (χ4n) is 1.98. The number of rotatable bonds is 6. The highest BCUT2D eigenvalue weighted by Gasteiger charge is 2.23. The van der Waals surface area contributed by atoms with Gasteiger partial charge in [-0.2, -0.15) is 0 Å². The third-order valence-corrected chi connectivity index (χ3v) is 3.28. The van der Waals surface area contributed by atoms with Gasteiger partial charge < -0.3 is 19.7 Å². The van der Waals surface area contributed by atoms with Crippen LogP contribution in [0.25, 0.3) is 0 Å². The van der Waals surface area contributed by atoms with Crippen LogP contribution >= 0.6 is 11.6 Å². The van der Waals surface area contributed by atoms with Crippen molar-refractivity contribution in [3.05, 3.63) is 59.1 Å². The van der Waals surface area contributed by atoms with Crippen LogP contribution in [0.15, 0.2) is 48.5 Å². The van der Waals surface area contributed by atoms with E-state index in [2.05, 4.69) is 0 Å². The van der Waals surface area contributed by atoms with Crippen molar-refractivity contribution in [2.24, 2.45) is 0 Å². The van der Waals surface area contributed by atoms with Crippen molar-refractivity contribution in [1.82, 2.24) is 0 Å². The highest BCUT2D eigenvalue weighted by molar-refractivity contribution is 6.30. The van der Waals surface area contributed by atoms with Gasteiger partial charge in [-0.3, -0.25) is 0 Å². The van der Waals surface area contributed by atoms with E-state index in [-0.39, 0.29) is 0 Å². The van der Waals surface area contributed by atoms with Crippen molar-refractivity contribution in [3.63, 3.8) is 0 Å². The molecule has 0 heterocycles. The molecule has 0 aromatic heterocycles. The number of ether oxygens (including phenoxy) is 2. The van der Waals surface area contributed by atoms with Crippen LogP contribution in [0.3, 0.4) is 0 Å². The van der Waals surface area contributed by atoms with Crippen LogP contribution in [0, 0.1) is 0 Å². The molecule has 0 spiro atoms. The zero-order valence-corrected chi connectivity index (χ0v) is 12.3. The maximum Gasteiger partial charge on any atom is 0.162 e. The first-order valence-electron chi connectivity index (χ1n) is 6.49. The second-order valence-electron chi connectivity index (χ2n) is 4.49. The summed E-state index contributed by atoms with van der Waals surface area (Å²) in [7, 11) is 1.51. The minimum Gasteiger partial charge on any atom is -0.493 e. The van der Waals surface area contributed by atoms with E-state index < -0.39 is 18.8 Å². The summed E-state index contributed by atoms with van der Waals surface area (Å²) < 4.78 is 11.1. The lowest BCUT2D eigenvalue weighted by Gasteiger charge is -2.24. The predicted octanol–water partition coefficient (Wildman–Crippen LogP) is 2.82. The molecule has 21 heavy (non-hydrogen) atoms. The lowest BCUT2D eigenvalue weighted by molar-refractivity contribution is -0.00286. The Morgan fingerprint density at radius 3 is 2.43 bits per heavy atom. The van der Waals surface area contributed by atoms with Crippen LogP contribution in [0.5, 0.6) is 11.5 Å². The maximum absolute atomic E-state index is 10.0. The molecule has 112 valence electrons. The van der Waals surface area contributed by atoms with Crippen LogP contribution in [0.1, 0.15) is 11.7 Å². The average molecular weight is 309 g/mol. The Morgan fingerprint density at radius 1 is 1.10 bits per heavy atom. The zero-order chi connectivity index (χ0) is 15.2. The molecule has 2 atom stereocenters. The fourth-order valence-corrected chi connectivity index (χ4v) is 2.14. The van der Waals surface area contributed by atoms with Crippen LogP contribution in [0.4, 0.5) is 0 Å². The summed E-state index contributed by atoms with van der Waals surface area (Å²) in [5.74, 6) is 0.914. The minimum absolute atomic E-state index is 0.407. The van der Waals surface area contributed by atoms with Crippen molar-refractivity contribution >= 4 is 11.6 Å². The smallest absolute Gasteiger partial charge is 0.162 e. The molecule has 0 bridgehead atoms. The summed E-state index contributed by atoms with van der Waals surface area (Å²) in [6.07, 6.45) is -1.75. The molecule has 0 fully saturated rings. The molecule has 0 aliphatic heterocycles. The van der Waals surface area contributed by atoms with E-state index in [1.807, 2.05) is 30.3 Å². The van der Waals surface area contributed by atoms with E-state index >= 15 is 0 Å². The van der Waals surface area contributed by atoms with Crippen molar-refractivity contribution < 1.29 is 19.7 Å². The SMILES string of the molecule is COc1cc(Cl)ccc1O[C@@H](c1ccccc1)[C@@H](O)CO. The van der Waals surface area contributed by atoms with E-state index in [0.717, 1.165) is 5.56 Å². The lowest BCUT2D eigenvalue weighted by atomic mass is 10.0. The van der Waals surface area contributed by atoms with Crippen molar-refractivity contribution in [2.75, 3.05) is 13.7 Å². The Bertz CT molecular complexity index is 574. The van der Waals surface area contributed by atoms with E-state index in [0.29, 0.717) is 16.5 Å². The molecule has 0 unspecified atom stereocenters. The third-order valence-electron chi connectivity index (χ3n) is 3.04. The summed E-state index contributed by atoms with van der Waals surface area (Å²) in [5.41, 5.74) is 0.760. The molecule has 0 saturated carbocycles. The van der Waals surface area contributed by atoms with Gasteiger partial charge in [0.25, 0.3) is 0 Å². The van der Waals surface area contributed by atoms with Gasteiger partial charge in [0.2, 0.25) is 0 Å². The predicted molar refractivity (Wildman–Crippen MR) is 80.9 cm³/mol. The van der Waals surface area contributed by atoms with Gasteiger partial charge in [-0.25, -0.2) is 0 Å². The number of halogens is 1. The van der Waals surface area contributed by atoms with Crippen molar-refractivity contribution in [2.45, 2.75) is 12.2 Å². The fraction of sp³-hybridized carbons (Fsp3) is 0.250. The molecule has 0 aliphatic carbocycles. The molecular weight excluding hydrogens is 292 g/mol. The summed E-state index contributed by atoms with van der Waals surface area (Å²) in [6.45, 7) is -0.407. The van der Waals surface area contributed by atoms with Crippen LogP contribution in [-0.4, -0.2) is 30.0 Å². The molecule has 0 aliphatic rings. The normalized spacial score (nSPS) is 13.5. The first kappa shape index (κ1) is 15.6. The topological polar surface area (TPSA) is 58.9 Å². The molecule has 2 N–H and O–H groups in total. The summed E-state index contributed by atoms with van der Waals surface area (Å²) in [5, 5.41) is 19.8. The van der Waals surface area contributed by atoms with Crippen molar-refractivity contribution in [3.8, 4) is 11.5 Å². The lowest BCUT2D eigenvalue weighted by Crippen LogP contribution is -2.27. The Balaban J connectivity index is 2.32. The van der Waals surface area contributed by atoms with Crippen LogP contribution < -0.4 is 9.47 Å². The van der Waals surface area contributed by atoms with Gasteiger partial charge in [0, 0.05) is 11.1 Å². The maximum atomic E-state index is 10.0. The number of methoxy groups -OCH3 is 1. The molecule has 0 amide bonds. The second-order valence-corrected chi connectivity index (χ2v) is 4.93. The van der Waals surface area contributed by atoms with Crippen LogP contribution in [-0.2, 0) is 0 Å². The van der Waals surface area contributed by atoms with Gasteiger partial charge in [-0.15, -0.1) is 0 Å². The number of aliphatic hydroxyl groups is 2. The van der Waals surface area contributed by atoms with E-state index in [9.17, 15) is 10.2 Å². The first-order valence-corrected chi connectivity index (χ1v) is 6.87. The van der Waals surface area contributed by atoms with E-state index in [1.54, 1.807) is 18.2 Å². The highest BCUT2D eigenvalue weighted by atomic mass is 35.5. The number of benzene rings is 2. The first-order chi connectivity index (χ1) is 10.2. The van der Waals surface area contributed by atoms with E-state index in [4.69, 9.17) is 21.1 Å². The van der Waals surface area contributed by atoms with Gasteiger partial charge in [-0.1, -0.05) is 41.9 Å². The van der Waals surface area contributed by atoms with Crippen LogP contribution in [0.2, 0.25) is 5.02 Å². The Morgan fingerprint density at radius 2 is 1.81 bits per heavy atom. The molecule has 2 aromatic rings. The molecule has 2 aromatic carbocycles. The Labute approximate surface area is 128 Å². The largest absolute Gasteiger partial charge is 0.493 e. The van der Waals surface area contributed by atoms with Gasteiger partial charge in [-0.05, 0) is 17.7 Å². The van der Waals surface area contributed by atoms with Crippen molar-refractivity contribution in [1.29, 1.82) is 0 Å². The monoisotopic (exact) mass is 308 g/mol. The quantitative estimate of drug-likeness (QED) is 0.861. The summed E-state index contributed by atoms with van der Waals surface area (Å²) in [4.78, 5) is 0. The molecule has 0 saturated heterocycles. The molecule has 4 nitrogen and oxygen atoms in total. The van der Waals surface area contributed by atoms with E-state index in [1.165, 1.54) is 7.11 Å². The number of hydrogen-bond acceptors (Lipinski definition) is 4. The number of hydrogen-bond donors (Lipinski definition) is 2. The van der Waals surface area contributed by atoms with Gasteiger partial charge >= 0.3 is 0 Å². The number of aliphatic hydroxyl groups excluding tert-OH is 2. The molecule has 5 heteroatoms. The van der Waals surface area contributed by atoms with Gasteiger partial charge in [0.05, 0.1) is 13.7 Å². The summed E-state index contributed by atoms with van der Waals surface area (Å²) >= 11 is 5.91. The standard InChI is InChI=1S/C16H17ClO4/c1-20-15-9-12(17)7-8-14(15)21-16(13(19)10-18)11-5-3-2-4-6-11/h2-9,13,16,18-19H,10H2,1H3/t13-,16-/m0/s1. The molecular formula is C16H17ClO4. The minimum atomic E-state index is -1.05.